The van der Waals surface area contributed by atoms with Gasteiger partial charge in [0.15, 0.2) is 0 Å². The molecule has 3 atom stereocenters. The maximum absolute atomic E-state index is 11.9. The molecule has 92 valence electrons. The van der Waals surface area contributed by atoms with Crippen molar-refractivity contribution in [3.63, 3.8) is 0 Å². The van der Waals surface area contributed by atoms with Crippen LogP contribution in [-0.2, 0) is 4.79 Å². The van der Waals surface area contributed by atoms with E-state index in [4.69, 9.17) is 0 Å². The van der Waals surface area contributed by atoms with Gasteiger partial charge in [-0.2, -0.15) is 0 Å². The van der Waals surface area contributed by atoms with Crippen molar-refractivity contribution >= 4 is 5.91 Å². The molecule has 0 aromatic rings. The van der Waals surface area contributed by atoms with Gasteiger partial charge in [-0.3, -0.25) is 4.79 Å². The normalized spacial score (nSPS) is 35.5. The predicted octanol–water partition coefficient (Wildman–Crippen LogP) is 0.195. The summed E-state index contributed by atoms with van der Waals surface area (Å²) in [6, 6.07) is 0.576. The fraction of sp³-hybridized carbons (Fsp3) is 0.917. The minimum Gasteiger partial charge on any atom is -0.353 e. The van der Waals surface area contributed by atoms with Crippen LogP contribution in [0.25, 0.3) is 0 Å². The summed E-state index contributed by atoms with van der Waals surface area (Å²) < 4.78 is 0. The van der Waals surface area contributed by atoms with Gasteiger partial charge < -0.3 is 15.5 Å². The lowest BCUT2D eigenvalue weighted by Crippen LogP contribution is -2.47. The predicted molar refractivity (Wildman–Crippen MR) is 64.2 cm³/mol. The zero-order chi connectivity index (χ0) is 11.5. The summed E-state index contributed by atoms with van der Waals surface area (Å²) in [5.74, 6) is 0.659. The lowest BCUT2D eigenvalue weighted by atomic mass is 10.0. The Labute approximate surface area is 97.8 Å². The van der Waals surface area contributed by atoms with Crippen LogP contribution in [0.3, 0.4) is 0 Å². The van der Waals surface area contributed by atoms with Gasteiger partial charge in [0.1, 0.15) is 0 Å². The first kappa shape index (κ1) is 11.9. The number of amides is 1. The molecule has 16 heavy (non-hydrogen) atoms. The molecule has 2 aliphatic heterocycles. The van der Waals surface area contributed by atoms with Crippen LogP contribution in [0.1, 0.15) is 26.2 Å². The Morgan fingerprint density at radius 2 is 2.31 bits per heavy atom. The highest BCUT2D eigenvalue weighted by Gasteiger charge is 2.30. The van der Waals surface area contributed by atoms with E-state index in [9.17, 15) is 4.79 Å². The molecule has 4 heteroatoms. The molecule has 2 rings (SSSR count). The van der Waals surface area contributed by atoms with Crippen LogP contribution >= 0.6 is 0 Å². The lowest BCUT2D eigenvalue weighted by Gasteiger charge is -2.22. The van der Waals surface area contributed by atoms with Crippen molar-refractivity contribution in [1.29, 1.82) is 0 Å². The average Bonchev–Trinajstić information content (AvgIpc) is 2.84. The van der Waals surface area contributed by atoms with Crippen molar-refractivity contribution in [3.05, 3.63) is 0 Å². The first-order chi connectivity index (χ1) is 7.68. The molecule has 0 saturated carbocycles. The summed E-state index contributed by atoms with van der Waals surface area (Å²) in [7, 11) is 2.14. The maximum Gasteiger partial charge on any atom is 0.237 e. The van der Waals surface area contributed by atoms with E-state index in [0.29, 0.717) is 12.0 Å². The monoisotopic (exact) mass is 225 g/mol. The van der Waals surface area contributed by atoms with E-state index < -0.39 is 0 Å². The smallest absolute Gasteiger partial charge is 0.237 e. The van der Waals surface area contributed by atoms with E-state index in [1.807, 2.05) is 0 Å². The zero-order valence-electron chi connectivity index (χ0n) is 10.3. The average molecular weight is 225 g/mol. The van der Waals surface area contributed by atoms with E-state index in [0.717, 1.165) is 19.5 Å². The summed E-state index contributed by atoms with van der Waals surface area (Å²) in [6.07, 6.45) is 3.58. The molecule has 1 amide bonds. The van der Waals surface area contributed by atoms with Gasteiger partial charge in [-0.15, -0.1) is 0 Å². The molecule has 3 unspecified atom stereocenters. The quantitative estimate of drug-likeness (QED) is 0.721. The van der Waals surface area contributed by atoms with Gasteiger partial charge in [-0.1, -0.05) is 6.92 Å². The molecule has 2 heterocycles. The molecule has 0 aromatic carbocycles. The van der Waals surface area contributed by atoms with Gasteiger partial charge in [0, 0.05) is 12.6 Å². The van der Waals surface area contributed by atoms with Crippen molar-refractivity contribution in [1.82, 2.24) is 15.5 Å². The second-order valence-corrected chi connectivity index (χ2v) is 5.22. The molecule has 4 nitrogen and oxygen atoms in total. The number of carbonyl (C=O) groups excluding carboxylic acids is 1. The van der Waals surface area contributed by atoms with Gasteiger partial charge in [0.25, 0.3) is 0 Å². The van der Waals surface area contributed by atoms with Crippen LogP contribution in [0, 0.1) is 5.92 Å². The van der Waals surface area contributed by atoms with Crippen LogP contribution in [0.5, 0.6) is 0 Å². The summed E-state index contributed by atoms with van der Waals surface area (Å²) in [5, 5.41) is 6.35. The second kappa shape index (κ2) is 5.15. The Hall–Kier alpha value is -0.610. The molecule has 0 spiro atoms. The molecule has 2 N–H and O–H groups in total. The van der Waals surface area contributed by atoms with Crippen molar-refractivity contribution in [3.8, 4) is 0 Å². The first-order valence-electron chi connectivity index (χ1n) is 6.40. The molecule has 0 aliphatic carbocycles. The number of nitrogens with zero attached hydrogens (tertiary/aromatic N) is 1. The van der Waals surface area contributed by atoms with Crippen LogP contribution in [0.2, 0.25) is 0 Å². The Balaban J connectivity index is 1.75. The minimum absolute atomic E-state index is 0.0340. The number of nitrogens with one attached hydrogen (secondary N) is 2. The van der Waals surface area contributed by atoms with Crippen LogP contribution in [0.15, 0.2) is 0 Å². The highest BCUT2D eigenvalue weighted by Crippen LogP contribution is 2.16. The molecule has 0 aromatic heterocycles. The topological polar surface area (TPSA) is 44.4 Å². The SMILES string of the molecule is CC1CCNC1C(=O)NCC1CCCN1C. The highest BCUT2D eigenvalue weighted by atomic mass is 16.2. The summed E-state index contributed by atoms with van der Waals surface area (Å²) in [6.45, 7) is 5.09. The van der Waals surface area contributed by atoms with E-state index in [1.54, 1.807) is 0 Å². The van der Waals surface area contributed by atoms with Crippen molar-refractivity contribution < 1.29 is 4.79 Å². The Morgan fingerprint density at radius 1 is 1.50 bits per heavy atom. The van der Waals surface area contributed by atoms with E-state index in [-0.39, 0.29) is 11.9 Å². The first-order valence-corrected chi connectivity index (χ1v) is 6.40. The van der Waals surface area contributed by atoms with Crippen molar-refractivity contribution in [2.75, 3.05) is 26.7 Å². The van der Waals surface area contributed by atoms with Crippen molar-refractivity contribution in [2.45, 2.75) is 38.3 Å². The molecular formula is C12H23N3O. The van der Waals surface area contributed by atoms with Crippen LogP contribution in [-0.4, -0.2) is 49.6 Å². The number of hydrogen-bond donors (Lipinski definition) is 2. The number of rotatable bonds is 3. The lowest BCUT2D eigenvalue weighted by molar-refractivity contribution is -0.123. The molecule has 2 fully saturated rings. The van der Waals surface area contributed by atoms with Gasteiger partial charge in [0.2, 0.25) is 5.91 Å². The highest BCUT2D eigenvalue weighted by molar-refractivity contribution is 5.82. The Morgan fingerprint density at radius 3 is 2.88 bits per heavy atom. The summed E-state index contributed by atoms with van der Waals surface area (Å²) in [5.41, 5.74) is 0. The molecular weight excluding hydrogens is 202 g/mol. The molecule has 2 aliphatic rings. The molecule has 2 saturated heterocycles. The minimum atomic E-state index is 0.0340. The largest absolute Gasteiger partial charge is 0.353 e. The van der Waals surface area contributed by atoms with Crippen molar-refractivity contribution in [2.24, 2.45) is 5.92 Å². The third kappa shape index (κ3) is 2.55. The van der Waals surface area contributed by atoms with E-state index in [2.05, 4.69) is 29.5 Å². The number of likely N-dealkylation sites (N-methyl/N-ethyl adjacent to an activating group) is 1. The number of likely N-dealkylation sites (tertiary alicyclic amines) is 1. The Kier molecular flexibility index (Phi) is 3.82. The van der Waals surface area contributed by atoms with Gasteiger partial charge in [-0.25, -0.2) is 0 Å². The van der Waals surface area contributed by atoms with E-state index >= 15 is 0 Å². The maximum atomic E-state index is 11.9. The number of hydrogen-bond acceptors (Lipinski definition) is 3. The van der Waals surface area contributed by atoms with Gasteiger partial charge in [0.05, 0.1) is 6.04 Å². The molecule has 0 radical (unpaired) electrons. The standard InChI is InChI=1S/C12H23N3O/c1-9-5-6-13-11(9)12(16)14-8-10-4-3-7-15(10)2/h9-11,13H,3-8H2,1-2H3,(H,14,16). The fourth-order valence-corrected chi connectivity index (χ4v) is 2.75. The second-order valence-electron chi connectivity index (χ2n) is 5.22. The van der Waals surface area contributed by atoms with Crippen LogP contribution < -0.4 is 10.6 Å². The van der Waals surface area contributed by atoms with E-state index in [1.165, 1.54) is 19.4 Å². The third-order valence-electron chi connectivity index (χ3n) is 4.00. The third-order valence-corrected chi connectivity index (χ3v) is 4.00. The number of carbonyl (C=O) groups is 1. The Bertz CT molecular complexity index is 257. The van der Waals surface area contributed by atoms with Gasteiger partial charge in [-0.05, 0) is 45.3 Å². The zero-order valence-corrected chi connectivity index (χ0v) is 10.3. The summed E-state index contributed by atoms with van der Waals surface area (Å²) >= 11 is 0. The van der Waals surface area contributed by atoms with Gasteiger partial charge >= 0.3 is 0 Å². The summed E-state index contributed by atoms with van der Waals surface area (Å²) in [4.78, 5) is 14.3. The molecule has 0 bridgehead atoms. The fourth-order valence-electron chi connectivity index (χ4n) is 2.75. The van der Waals surface area contributed by atoms with Crippen LogP contribution in [0.4, 0.5) is 0 Å².